The Bertz CT molecular complexity index is 1030. The van der Waals surface area contributed by atoms with Crippen molar-refractivity contribution in [2.45, 2.75) is 13.3 Å². The van der Waals surface area contributed by atoms with Crippen LogP contribution in [0.15, 0.2) is 53.4 Å². The topological polar surface area (TPSA) is 98.8 Å². The Hall–Kier alpha value is -3.17. The number of amides is 2. The van der Waals surface area contributed by atoms with Crippen LogP contribution in [0.4, 0.5) is 5.69 Å². The lowest BCUT2D eigenvalue weighted by Crippen LogP contribution is -2.31. The number of carbonyl (C=O) groups excluding carboxylic acids is 3. The highest BCUT2D eigenvalue weighted by molar-refractivity contribution is 8.26. The largest absolute Gasteiger partial charge is 0.545 e. The number of nitrogens with one attached hydrogen (secondary N) is 1. The monoisotopic (exact) mass is 455 g/mol. The molecule has 0 spiro atoms. The Morgan fingerprint density at radius 2 is 1.84 bits per heavy atom. The molecule has 2 aromatic rings. The van der Waals surface area contributed by atoms with E-state index in [0.29, 0.717) is 21.5 Å². The highest BCUT2D eigenvalue weighted by atomic mass is 32.2. The highest BCUT2D eigenvalue weighted by Crippen LogP contribution is 2.32. The van der Waals surface area contributed by atoms with Crippen LogP contribution < -0.4 is 15.2 Å². The Morgan fingerprint density at radius 1 is 1.16 bits per heavy atom. The zero-order valence-corrected chi connectivity index (χ0v) is 18.3. The molecule has 0 saturated carbocycles. The molecule has 1 saturated heterocycles. The number of carboxylic acid groups (broad SMARTS) is 1. The minimum atomic E-state index is -1.29. The number of thioether (sulfide) groups is 1. The predicted octanol–water partition coefficient (Wildman–Crippen LogP) is 2.68. The molecular formula is C22H19N2O5S2-. The third-order valence-corrected chi connectivity index (χ3v) is 5.71. The van der Waals surface area contributed by atoms with Gasteiger partial charge in [-0.05, 0) is 48.4 Å². The van der Waals surface area contributed by atoms with Crippen LogP contribution in [0.3, 0.4) is 0 Å². The van der Waals surface area contributed by atoms with Crippen LogP contribution in [0.2, 0.25) is 0 Å². The number of thiocarbonyl (C=S) groups is 1. The van der Waals surface area contributed by atoms with Crippen molar-refractivity contribution in [1.29, 1.82) is 0 Å². The molecule has 1 heterocycles. The molecular weight excluding hydrogens is 436 g/mol. The Labute approximate surface area is 189 Å². The first kappa shape index (κ1) is 22.5. The summed E-state index contributed by atoms with van der Waals surface area (Å²) in [5.74, 6) is -1.08. The third kappa shape index (κ3) is 5.93. The quantitative estimate of drug-likeness (QED) is 0.483. The lowest BCUT2D eigenvalue weighted by Gasteiger charge is -2.14. The first-order valence-electron chi connectivity index (χ1n) is 9.47. The van der Waals surface area contributed by atoms with Gasteiger partial charge in [-0.1, -0.05) is 48.2 Å². The van der Waals surface area contributed by atoms with Crippen LogP contribution >= 0.6 is 24.0 Å². The average Bonchev–Trinajstić information content (AvgIpc) is 3.01. The summed E-state index contributed by atoms with van der Waals surface area (Å²) in [6, 6.07) is 13.0. The minimum absolute atomic E-state index is 0.0230. The third-order valence-electron chi connectivity index (χ3n) is 4.33. The maximum absolute atomic E-state index is 12.7. The van der Waals surface area contributed by atoms with Gasteiger partial charge in [0.05, 0.1) is 17.5 Å². The molecule has 0 bridgehead atoms. The van der Waals surface area contributed by atoms with E-state index in [0.717, 1.165) is 11.3 Å². The second-order valence-electron chi connectivity index (χ2n) is 6.50. The number of aromatic carboxylic acids is 1. The molecule has 2 aromatic carbocycles. The van der Waals surface area contributed by atoms with Crippen molar-refractivity contribution in [2.24, 2.45) is 0 Å². The lowest BCUT2D eigenvalue weighted by molar-refractivity contribution is -0.255. The van der Waals surface area contributed by atoms with Crippen molar-refractivity contribution >= 4 is 57.8 Å². The van der Waals surface area contributed by atoms with E-state index in [4.69, 9.17) is 17.0 Å². The standard InChI is InChI=1S/C22H20N2O5S2/c1-2-29-17-9-3-14(4-10-17)13-18-20(26)24(22(30)31-18)12-11-19(25)23-16-7-5-15(6-8-16)21(27)28/h3-10,13H,2,11-12H2,1H3,(H,23,25)(H,27,28)/p-1. The van der Waals surface area contributed by atoms with Gasteiger partial charge in [0.2, 0.25) is 5.91 Å². The molecule has 31 heavy (non-hydrogen) atoms. The van der Waals surface area contributed by atoms with Gasteiger partial charge in [0.1, 0.15) is 10.1 Å². The Balaban J connectivity index is 1.57. The van der Waals surface area contributed by atoms with E-state index < -0.39 is 5.97 Å². The van der Waals surface area contributed by atoms with E-state index in [1.807, 2.05) is 31.2 Å². The lowest BCUT2D eigenvalue weighted by atomic mass is 10.2. The number of hydrogen-bond donors (Lipinski definition) is 1. The van der Waals surface area contributed by atoms with Gasteiger partial charge in [0.15, 0.2) is 0 Å². The summed E-state index contributed by atoms with van der Waals surface area (Å²) in [6.45, 7) is 2.64. The molecule has 1 aliphatic heterocycles. The average molecular weight is 456 g/mol. The summed E-state index contributed by atoms with van der Waals surface area (Å²) in [6.07, 6.45) is 1.80. The zero-order valence-electron chi connectivity index (χ0n) is 16.6. The van der Waals surface area contributed by atoms with Crippen molar-refractivity contribution in [1.82, 2.24) is 4.90 Å². The molecule has 7 nitrogen and oxygen atoms in total. The van der Waals surface area contributed by atoms with Gasteiger partial charge < -0.3 is 20.0 Å². The number of anilines is 1. The molecule has 1 aliphatic rings. The number of carbonyl (C=O) groups is 3. The molecule has 0 atom stereocenters. The predicted molar refractivity (Wildman–Crippen MR) is 122 cm³/mol. The highest BCUT2D eigenvalue weighted by Gasteiger charge is 2.32. The van der Waals surface area contributed by atoms with Gasteiger partial charge in [-0.15, -0.1) is 0 Å². The van der Waals surface area contributed by atoms with Crippen LogP contribution in [0.5, 0.6) is 5.75 Å². The van der Waals surface area contributed by atoms with E-state index >= 15 is 0 Å². The zero-order chi connectivity index (χ0) is 22.4. The van der Waals surface area contributed by atoms with E-state index in [1.165, 1.54) is 40.9 Å². The Morgan fingerprint density at radius 3 is 2.45 bits per heavy atom. The van der Waals surface area contributed by atoms with E-state index in [-0.39, 0.29) is 30.3 Å². The molecule has 0 aromatic heterocycles. The van der Waals surface area contributed by atoms with Gasteiger partial charge in [-0.25, -0.2) is 0 Å². The normalized spacial score (nSPS) is 14.7. The summed E-state index contributed by atoms with van der Waals surface area (Å²) in [7, 11) is 0. The maximum Gasteiger partial charge on any atom is 0.266 e. The molecule has 3 rings (SSSR count). The SMILES string of the molecule is CCOc1ccc(C=C2SC(=S)N(CCC(=O)Nc3ccc(C(=O)[O-])cc3)C2=O)cc1. The van der Waals surface area contributed by atoms with Crippen LogP contribution in [0, 0.1) is 0 Å². The van der Waals surface area contributed by atoms with Crippen molar-refractivity contribution in [3.63, 3.8) is 0 Å². The summed E-state index contributed by atoms with van der Waals surface area (Å²) in [4.78, 5) is 37.6. The Kier molecular flexibility index (Phi) is 7.43. The van der Waals surface area contributed by atoms with Gasteiger partial charge in [0.25, 0.3) is 5.91 Å². The van der Waals surface area contributed by atoms with E-state index in [2.05, 4.69) is 5.32 Å². The van der Waals surface area contributed by atoms with Crippen molar-refractivity contribution in [3.05, 3.63) is 64.6 Å². The van der Waals surface area contributed by atoms with Crippen molar-refractivity contribution < 1.29 is 24.2 Å². The second-order valence-corrected chi connectivity index (χ2v) is 8.17. The fraction of sp³-hybridized carbons (Fsp3) is 0.182. The van der Waals surface area contributed by atoms with Crippen molar-refractivity contribution in [2.75, 3.05) is 18.5 Å². The number of rotatable bonds is 8. The molecule has 9 heteroatoms. The van der Waals surface area contributed by atoms with Crippen LogP contribution in [-0.4, -0.2) is 40.2 Å². The molecule has 2 amide bonds. The first-order chi connectivity index (χ1) is 14.9. The van der Waals surface area contributed by atoms with Crippen LogP contribution in [-0.2, 0) is 9.59 Å². The van der Waals surface area contributed by atoms with Crippen molar-refractivity contribution in [3.8, 4) is 5.75 Å². The number of benzene rings is 2. The first-order valence-corrected chi connectivity index (χ1v) is 10.7. The van der Waals surface area contributed by atoms with Gasteiger partial charge in [-0.2, -0.15) is 0 Å². The second kappa shape index (κ2) is 10.2. The fourth-order valence-electron chi connectivity index (χ4n) is 2.80. The smallest absolute Gasteiger partial charge is 0.266 e. The summed E-state index contributed by atoms with van der Waals surface area (Å²) < 4.78 is 5.81. The number of hydrogen-bond acceptors (Lipinski definition) is 7. The molecule has 0 unspecified atom stereocenters. The molecule has 160 valence electrons. The van der Waals surface area contributed by atoms with Gasteiger partial charge in [0, 0.05) is 18.7 Å². The number of nitrogens with zero attached hydrogens (tertiary/aromatic N) is 1. The molecule has 0 radical (unpaired) electrons. The van der Waals surface area contributed by atoms with Gasteiger partial charge >= 0.3 is 0 Å². The number of ether oxygens (including phenoxy) is 1. The maximum atomic E-state index is 12.7. The summed E-state index contributed by atoms with van der Waals surface area (Å²) in [5, 5.41) is 13.4. The van der Waals surface area contributed by atoms with E-state index in [1.54, 1.807) is 6.08 Å². The van der Waals surface area contributed by atoms with Crippen LogP contribution in [0.1, 0.15) is 29.3 Å². The van der Waals surface area contributed by atoms with Crippen LogP contribution in [0.25, 0.3) is 6.08 Å². The minimum Gasteiger partial charge on any atom is -0.545 e. The van der Waals surface area contributed by atoms with Gasteiger partial charge in [-0.3, -0.25) is 14.5 Å². The summed E-state index contributed by atoms with van der Waals surface area (Å²) in [5.41, 5.74) is 1.33. The summed E-state index contributed by atoms with van der Waals surface area (Å²) >= 11 is 6.50. The number of carboxylic acids is 1. The molecule has 0 aliphatic carbocycles. The fourth-order valence-corrected chi connectivity index (χ4v) is 4.11. The molecule has 1 fully saturated rings. The molecule has 1 N–H and O–H groups in total. The van der Waals surface area contributed by atoms with E-state index in [9.17, 15) is 19.5 Å².